The molecular weight excluding hydrogens is 408 g/mol. The van der Waals surface area contributed by atoms with Crippen molar-refractivity contribution in [2.24, 2.45) is 56.7 Å². The molecule has 0 saturated heterocycles. The molecule has 3 heteroatoms. The van der Waals surface area contributed by atoms with Crippen LogP contribution < -0.4 is 0 Å². The maximum Gasteiger partial charge on any atom is 0.309 e. The van der Waals surface area contributed by atoms with Crippen LogP contribution in [0.25, 0.3) is 0 Å². The molecule has 5 aliphatic carbocycles. The molecule has 4 saturated carbocycles. The summed E-state index contributed by atoms with van der Waals surface area (Å²) >= 11 is 0. The number of Topliss-reactive ketones (excluding diaryl/α,β-unsaturated/α-hetero) is 1. The van der Waals surface area contributed by atoms with Gasteiger partial charge in [0, 0.05) is 11.8 Å². The van der Waals surface area contributed by atoms with Crippen LogP contribution in [0, 0.1) is 56.7 Å². The lowest BCUT2D eigenvalue weighted by atomic mass is 9.35. The Morgan fingerprint density at radius 1 is 0.909 bits per heavy atom. The summed E-state index contributed by atoms with van der Waals surface area (Å²) in [5.41, 5.74) is 1.38. The van der Waals surface area contributed by atoms with Gasteiger partial charge in [-0.1, -0.05) is 53.2 Å². The number of carbonyl (C=O) groups excluding carboxylic acids is 1. The van der Waals surface area contributed by atoms with E-state index in [-0.39, 0.29) is 21.7 Å². The first kappa shape index (κ1) is 23.6. The van der Waals surface area contributed by atoms with Gasteiger partial charge in [-0.25, -0.2) is 0 Å². The van der Waals surface area contributed by atoms with Crippen LogP contribution in [0.5, 0.6) is 0 Å². The van der Waals surface area contributed by atoms with Gasteiger partial charge >= 0.3 is 5.97 Å². The van der Waals surface area contributed by atoms with E-state index in [2.05, 4.69) is 47.6 Å². The molecule has 0 aromatic rings. The van der Waals surface area contributed by atoms with E-state index < -0.39 is 11.4 Å². The molecule has 5 aliphatic rings. The summed E-state index contributed by atoms with van der Waals surface area (Å²) in [6.45, 7) is 16.4. The third-order valence-electron chi connectivity index (χ3n) is 12.6. The smallest absolute Gasteiger partial charge is 0.309 e. The number of allylic oxidation sites excluding steroid dienone is 2. The Hall–Kier alpha value is -1.12. The molecule has 0 amide bonds. The van der Waals surface area contributed by atoms with Crippen molar-refractivity contribution in [3.63, 3.8) is 0 Å². The zero-order valence-corrected chi connectivity index (χ0v) is 22.1. The minimum atomic E-state index is -0.602. The van der Waals surface area contributed by atoms with E-state index in [4.69, 9.17) is 0 Å². The van der Waals surface area contributed by atoms with Crippen LogP contribution in [0.2, 0.25) is 0 Å². The first-order valence-electron chi connectivity index (χ1n) is 13.7. The molecule has 0 aromatic carbocycles. The normalized spacial score (nSPS) is 53.1. The van der Waals surface area contributed by atoms with Gasteiger partial charge in [-0.3, -0.25) is 9.59 Å². The van der Waals surface area contributed by atoms with Gasteiger partial charge in [0.15, 0.2) is 0 Å². The van der Waals surface area contributed by atoms with E-state index in [0.29, 0.717) is 35.4 Å². The van der Waals surface area contributed by atoms with Crippen molar-refractivity contribution >= 4 is 11.8 Å². The predicted molar refractivity (Wildman–Crippen MR) is 132 cm³/mol. The SMILES string of the molecule is CC1C=C2C(C)(CCC3C2(C)CCC2C(C)(C)C(=O)CCC23C)C2CC(C)(C(=O)O)CCC12. The van der Waals surface area contributed by atoms with E-state index >= 15 is 0 Å². The van der Waals surface area contributed by atoms with Crippen molar-refractivity contribution in [3.8, 4) is 0 Å². The van der Waals surface area contributed by atoms with Gasteiger partial charge in [-0.2, -0.15) is 0 Å². The van der Waals surface area contributed by atoms with Gasteiger partial charge in [0.25, 0.3) is 0 Å². The molecule has 0 aliphatic heterocycles. The van der Waals surface area contributed by atoms with Gasteiger partial charge in [-0.05, 0) is 104 Å². The predicted octanol–water partition coefficient (Wildman–Crippen LogP) is 7.30. The molecule has 0 heterocycles. The second kappa shape index (κ2) is 6.97. The number of ketones is 1. The minimum Gasteiger partial charge on any atom is -0.481 e. The lowest BCUT2D eigenvalue weighted by molar-refractivity contribution is -0.169. The average molecular weight is 455 g/mol. The highest BCUT2D eigenvalue weighted by molar-refractivity contribution is 5.85. The third kappa shape index (κ3) is 2.92. The Balaban J connectivity index is 1.56. The van der Waals surface area contributed by atoms with Gasteiger partial charge in [0.1, 0.15) is 5.78 Å². The minimum absolute atomic E-state index is 0.114. The van der Waals surface area contributed by atoms with E-state index in [1.54, 1.807) is 5.57 Å². The second-order valence-electron chi connectivity index (χ2n) is 14.5. The number of carbonyl (C=O) groups is 2. The van der Waals surface area contributed by atoms with Crippen molar-refractivity contribution < 1.29 is 14.7 Å². The van der Waals surface area contributed by atoms with E-state index in [0.717, 1.165) is 38.5 Å². The van der Waals surface area contributed by atoms with Crippen LogP contribution in [0.3, 0.4) is 0 Å². The van der Waals surface area contributed by atoms with Crippen molar-refractivity contribution in [1.29, 1.82) is 0 Å². The van der Waals surface area contributed by atoms with Crippen LogP contribution in [0.4, 0.5) is 0 Å². The van der Waals surface area contributed by atoms with Crippen molar-refractivity contribution in [3.05, 3.63) is 11.6 Å². The molecule has 5 rings (SSSR count). The van der Waals surface area contributed by atoms with Gasteiger partial charge in [0.2, 0.25) is 0 Å². The number of carboxylic acid groups (broad SMARTS) is 1. The van der Waals surface area contributed by atoms with E-state index in [9.17, 15) is 14.7 Å². The maximum absolute atomic E-state index is 12.9. The van der Waals surface area contributed by atoms with Crippen molar-refractivity contribution in [2.75, 3.05) is 0 Å². The number of hydrogen-bond acceptors (Lipinski definition) is 2. The highest BCUT2D eigenvalue weighted by Gasteiger charge is 2.66. The Labute approximate surface area is 201 Å². The molecule has 1 N–H and O–H groups in total. The standard InChI is InChI=1S/C30H46O3/c1-18-16-23-28(5,20-17-27(4,25(32)33)12-8-19(18)20)13-10-22-29(6)15-11-24(31)26(2,3)21(29)9-14-30(22,23)7/h16,18-22H,8-15,17H2,1-7H3,(H,32,33). The van der Waals surface area contributed by atoms with Crippen molar-refractivity contribution in [1.82, 2.24) is 0 Å². The number of carboxylic acids is 1. The lowest BCUT2D eigenvalue weighted by Crippen LogP contribution is -2.62. The van der Waals surface area contributed by atoms with E-state index in [1.807, 2.05) is 6.92 Å². The van der Waals surface area contributed by atoms with E-state index in [1.165, 1.54) is 19.3 Å². The third-order valence-corrected chi connectivity index (χ3v) is 12.6. The number of rotatable bonds is 1. The average Bonchev–Trinajstić information content (AvgIpc) is 2.72. The Morgan fingerprint density at radius 3 is 2.21 bits per heavy atom. The number of hydrogen-bond donors (Lipinski definition) is 1. The molecule has 184 valence electrons. The van der Waals surface area contributed by atoms with Crippen LogP contribution in [0.1, 0.15) is 106 Å². The van der Waals surface area contributed by atoms with Crippen molar-refractivity contribution in [2.45, 2.75) is 106 Å². The lowest BCUT2D eigenvalue weighted by Gasteiger charge is -2.69. The summed E-state index contributed by atoms with van der Waals surface area (Å²) in [5.74, 6) is 2.58. The molecule has 33 heavy (non-hydrogen) atoms. The fourth-order valence-electron chi connectivity index (χ4n) is 10.7. The highest BCUT2D eigenvalue weighted by atomic mass is 16.4. The Morgan fingerprint density at radius 2 is 1.55 bits per heavy atom. The van der Waals surface area contributed by atoms with Gasteiger partial charge < -0.3 is 5.11 Å². The number of fused-ring (bicyclic) bond motifs is 7. The molecule has 4 fully saturated rings. The highest BCUT2D eigenvalue weighted by Crippen LogP contribution is 2.73. The first-order valence-corrected chi connectivity index (χ1v) is 13.7. The number of aliphatic carboxylic acids is 1. The van der Waals surface area contributed by atoms with Crippen LogP contribution in [-0.2, 0) is 9.59 Å². The Kier molecular flexibility index (Phi) is 4.99. The molecule has 0 radical (unpaired) electrons. The largest absolute Gasteiger partial charge is 0.481 e. The fraction of sp³-hybridized carbons (Fsp3) is 0.867. The van der Waals surface area contributed by atoms with Crippen LogP contribution >= 0.6 is 0 Å². The summed E-state index contributed by atoms with van der Waals surface area (Å²) in [5, 5.41) is 10.1. The molecule has 0 bridgehead atoms. The zero-order valence-electron chi connectivity index (χ0n) is 22.1. The first-order chi connectivity index (χ1) is 15.2. The van der Waals surface area contributed by atoms with Crippen LogP contribution in [-0.4, -0.2) is 16.9 Å². The van der Waals surface area contributed by atoms with Gasteiger partial charge in [0.05, 0.1) is 5.41 Å². The summed E-state index contributed by atoms with van der Waals surface area (Å²) < 4.78 is 0. The Bertz CT molecular complexity index is 916. The second-order valence-corrected chi connectivity index (χ2v) is 14.5. The molecule has 0 spiro atoms. The topological polar surface area (TPSA) is 54.4 Å². The zero-order chi connectivity index (χ0) is 24.2. The van der Waals surface area contributed by atoms with Gasteiger partial charge in [-0.15, -0.1) is 0 Å². The maximum atomic E-state index is 12.9. The summed E-state index contributed by atoms with van der Waals surface area (Å²) in [4.78, 5) is 25.1. The molecule has 0 aromatic heterocycles. The molecule has 9 atom stereocenters. The monoisotopic (exact) mass is 454 g/mol. The van der Waals surface area contributed by atoms with Crippen LogP contribution in [0.15, 0.2) is 11.6 Å². The molecule has 3 nitrogen and oxygen atoms in total. The summed E-state index contributed by atoms with van der Waals surface area (Å²) in [6.07, 6.45) is 11.9. The molecular formula is C30H46O3. The quantitative estimate of drug-likeness (QED) is 0.423. The fourth-order valence-corrected chi connectivity index (χ4v) is 10.7. The summed E-state index contributed by atoms with van der Waals surface area (Å²) in [7, 11) is 0. The summed E-state index contributed by atoms with van der Waals surface area (Å²) in [6, 6.07) is 0. The molecule has 9 unspecified atom stereocenters.